The largest absolute Gasteiger partial charge is 0.338 e. The Hall–Kier alpha value is -1.25. The lowest BCUT2D eigenvalue weighted by Crippen LogP contribution is -2.32. The molecule has 1 heterocycles. The second-order valence-corrected chi connectivity index (χ2v) is 1.86. The zero-order valence-corrected chi connectivity index (χ0v) is 5.22. The molecule has 1 aliphatic rings. The third kappa shape index (κ3) is 1.10. The quantitative estimate of drug-likeness (QED) is 0.494. The van der Waals surface area contributed by atoms with Crippen LogP contribution in [0.1, 0.15) is 0 Å². The van der Waals surface area contributed by atoms with E-state index in [1.54, 1.807) is 11.1 Å². The van der Waals surface area contributed by atoms with Gasteiger partial charge in [0.1, 0.15) is 5.82 Å². The monoisotopic (exact) mass is 124 g/mol. The molecule has 0 spiro atoms. The number of nitrogens with zero attached hydrogens (tertiary/aromatic N) is 1. The second-order valence-electron chi connectivity index (χ2n) is 1.86. The summed E-state index contributed by atoms with van der Waals surface area (Å²) in [4.78, 5) is 12.3. The maximum atomic E-state index is 10.5. The molecule has 0 saturated carbocycles. The lowest BCUT2D eigenvalue weighted by atomic mass is 10.4. The van der Waals surface area contributed by atoms with Crippen molar-refractivity contribution < 1.29 is 4.79 Å². The van der Waals surface area contributed by atoms with Crippen LogP contribution in [0, 0.1) is 0 Å². The molecule has 0 atom stereocenters. The fraction of sp³-hybridized carbons (Fsp3) is 0.167. The van der Waals surface area contributed by atoms with Crippen LogP contribution in [0.4, 0.5) is 0 Å². The maximum Gasteiger partial charge on any atom is 0.250 e. The number of amides is 1. The molecule has 0 aliphatic carbocycles. The molecule has 0 aromatic carbocycles. The van der Waals surface area contributed by atoms with Crippen LogP contribution in [-0.2, 0) is 4.79 Å². The Kier molecular flexibility index (Phi) is 1.26. The molecule has 48 valence electrons. The van der Waals surface area contributed by atoms with Gasteiger partial charge in [0.25, 0.3) is 5.91 Å². The number of hydrogen-bond acceptors (Lipinski definition) is 2. The first-order valence-electron chi connectivity index (χ1n) is 2.61. The Morgan fingerprint density at radius 2 is 2.44 bits per heavy atom. The van der Waals surface area contributed by atoms with Crippen molar-refractivity contribution in [1.82, 2.24) is 10.2 Å². The number of hydrogen-bond donors (Lipinski definition) is 1. The van der Waals surface area contributed by atoms with E-state index < -0.39 is 0 Å². The van der Waals surface area contributed by atoms with Gasteiger partial charge in [0.05, 0.1) is 0 Å². The van der Waals surface area contributed by atoms with Gasteiger partial charge in [0.15, 0.2) is 0 Å². The van der Waals surface area contributed by atoms with E-state index in [4.69, 9.17) is 0 Å². The lowest BCUT2D eigenvalue weighted by molar-refractivity contribution is -0.116. The molecule has 9 heavy (non-hydrogen) atoms. The van der Waals surface area contributed by atoms with Gasteiger partial charge in [-0.15, -0.1) is 0 Å². The molecular formula is C6H8N2O. The van der Waals surface area contributed by atoms with Crippen molar-refractivity contribution in [1.29, 1.82) is 0 Å². The Balaban J connectivity index is 2.76. The minimum Gasteiger partial charge on any atom is -0.338 e. The zero-order chi connectivity index (χ0) is 6.85. The minimum absolute atomic E-state index is 0.113. The van der Waals surface area contributed by atoms with Crippen LogP contribution in [0.15, 0.2) is 24.7 Å². The Morgan fingerprint density at radius 1 is 1.78 bits per heavy atom. The van der Waals surface area contributed by atoms with Crippen molar-refractivity contribution in [3.63, 3.8) is 0 Å². The summed E-state index contributed by atoms with van der Waals surface area (Å²) in [5.41, 5.74) is 0. The van der Waals surface area contributed by atoms with Gasteiger partial charge in [-0.3, -0.25) is 4.79 Å². The summed E-state index contributed by atoms with van der Waals surface area (Å²) in [6.45, 7) is 3.59. The molecule has 1 N–H and O–H groups in total. The first kappa shape index (κ1) is 5.88. The van der Waals surface area contributed by atoms with E-state index in [1.807, 2.05) is 7.05 Å². The summed E-state index contributed by atoms with van der Waals surface area (Å²) >= 11 is 0. The first-order valence-corrected chi connectivity index (χ1v) is 2.61. The van der Waals surface area contributed by atoms with Crippen LogP contribution >= 0.6 is 0 Å². The molecule has 3 heteroatoms. The highest BCUT2D eigenvalue weighted by Gasteiger charge is 2.06. The molecule has 1 amide bonds. The molecule has 1 aliphatic heterocycles. The second kappa shape index (κ2) is 1.93. The van der Waals surface area contributed by atoms with E-state index in [-0.39, 0.29) is 5.91 Å². The van der Waals surface area contributed by atoms with E-state index in [1.165, 1.54) is 6.08 Å². The molecular weight excluding hydrogens is 116 g/mol. The van der Waals surface area contributed by atoms with Crippen molar-refractivity contribution in [2.45, 2.75) is 0 Å². The van der Waals surface area contributed by atoms with Crippen LogP contribution < -0.4 is 5.32 Å². The summed E-state index contributed by atoms with van der Waals surface area (Å²) in [7, 11) is 1.82. The van der Waals surface area contributed by atoms with Crippen LogP contribution in [-0.4, -0.2) is 17.9 Å². The van der Waals surface area contributed by atoms with Gasteiger partial charge in [-0.2, -0.15) is 0 Å². The normalized spacial score (nSPS) is 18.1. The molecule has 0 unspecified atom stereocenters. The lowest BCUT2D eigenvalue weighted by Gasteiger charge is -2.20. The minimum atomic E-state index is -0.113. The zero-order valence-electron chi connectivity index (χ0n) is 5.22. The van der Waals surface area contributed by atoms with Crippen molar-refractivity contribution in [2.24, 2.45) is 0 Å². The molecule has 0 fully saturated rings. The van der Waals surface area contributed by atoms with Crippen molar-refractivity contribution in [3.8, 4) is 0 Å². The fourth-order valence-electron chi connectivity index (χ4n) is 0.542. The Labute approximate surface area is 53.7 Å². The van der Waals surface area contributed by atoms with Crippen LogP contribution in [0.5, 0.6) is 0 Å². The smallest absolute Gasteiger partial charge is 0.250 e. The van der Waals surface area contributed by atoms with Crippen LogP contribution in [0.3, 0.4) is 0 Å². The van der Waals surface area contributed by atoms with Crippen molar-refractivity contribution >= 4 is 5.91 Å². The Bertz CT molecular complexity index is 183. The number of rotatable bonds is 0. The predicted octanol–water partition coefficient (Wildman–Crippen LogP) is 0.0329. The molecule has 0 radical (unpaired) electrons. The summed E-state index contributed by atoms with van der Waals surface area (Å²) in [6.07, 6.45) is 3.12. The predicted molar refractivity (Wildman–Crippen MR) is 34.2 cm³/mol. The first-order chi connectivity index (χ1) is 4.20. The standard InChI is InChI=1S/C6H8N2O/c1-5-7-6(9)3-4-8(5)2/h3-4H,1H2,2H3,(H,7,9). The number of carbonyl (C=O) groups is 1. The van der Waals surface area contributed by atoms with Crippen molar-refractivity contribution in [2.75, 3.05) is 7.05 Å². The average Bonchev–Trinajstić information content (AvgIpc) is 1.80. The van der Waals surface area contributed by atoms with Crippen LogP contribution in [0.2, 0.25) is 0 Å². The molecule has 0 aromatic rings. The third-order valence-electron chi connectivity index (χ3n) is 1.14. The molecule has 1 rings (SSSR count). The highest BCUT2D eigenvalue weighted by molar-refractivity contribution is 5.89. The van der Waals surface area contributed by atoms with Crippen LogP contribution in [0.25, 0.3) is 0 Å². The highest BCUT2D eigenvalue weighted by atomic mass is 16.1. The summed E-state index contributed by atoms with van der Waals surface area (Å²) < 4.78 is 0. The van der Waals surface area contributed by atoms with Gasteiger partial charge in [-0.05, 0) is 0 Å². The van der Waals surface area contributed by atoms with Gasteiger partial charge >= 0.3 is 0 Å². The van der Waals surface area contributed by atoms with Gasteiger partial charge < -0.3 is 10.2 Å². The van der Waals surface area contributed by atoms with E-state index in [9.17, 15) is 4.79 Å². The summed E-state index contributed by atoms with van der Waals surface area (Å²) in [5, 5.41) is 2.53. The molecule has 0 aromatic heterocycles. The number of carbonyl (C=O) groups excluding carboxylic acids is 1. The van der Waals surface area contributed by atoms with E-state index >= 15 is 0 Å². The Morgan fingerprint density at radius 3 is 2.89 bits per heavy atom. The van der Waals surface area contributed by atoms with Crippen molar-refractivity contribution in [3.05, 3.63) is 24.7 Å². The van der Waals surface area contributed by atoms with Gasteiger partial charge in [0.2, 0.25) is 0 Å². The van der Waals surface area contributed by atoms with E-state index in [0.717, 1.165) is 0 Å². The summed E-state index contributed by atoms with van der Waals surface area (Å²) in [5.74, 6) is 0.501. The molecule has 0 saturated heterocycles. The maximum absolute atomic E-state index is 10.5. The van der Waals surface area contributed by atoms with E-state index in [2.05, 4.69) is 11.9 Å². The molecule has 3 nitrogen and oxygen atoms in total. The fourth-order valence-corrected chi connectivity index (χ4v) is 0.542. The third-order valence-corrected chi connectivity index (χ3v) is 1.14. The van der Waals surface area contributed by atoms with Gasteiger partial charge in [-0.1, -0.05) is 6.58 Å². The topological polar surface area (TPSA) is 32.3 Å². The van der Waals surface area contributed by atoms with E-state index in [0.29, 0.717) is 5.82 Å². The highest BCUT2D eigenvalue weighted by Crippen LogP contribution is 1.99. The molecule has 0 bridgehead atoms. The van der Waals surface area contributed by atoms with Gasteiger partial charge in [0, 0.05) is 19.3 Å². The average molecular weight is 124 g/mol. The number of nitrogens with one attached hydrogen (secondary N) is 1. The summed E-state index contributed by atoms with van der Waals surface area (Å²) in [6, 6.07) is 0. The van der Waals surface area contributed by atoms with Gasteiger partial charge in [-0.25, -0.2) is 0 Å². The SMILES string of the molecule is C=C1NC(=O)C=CN1C.